The molecule has 5 nitrogen and oxygen atoms in total. The van der Waals surface area contributed by atoms with Gasteiger partial charge >= 0.3 is 0 Å². The minimum atomic E-state index is -0.266. The van der Waals surface area contributed by atoms with E-state index < -0.39 is 0 Å². The summed E-state index contributed by atoms with van der Waals surface area (Å²) in [5.74, 6) is -0.0395. The van der Waals surface area contributed by atoms with Gasteiger partial charge in [0.05, 0.1) is 15.6 Å². The van der Waals surface area contributed by atoms with Crippen molar-refractivity contribution in [2.75, 3.05) is 24.1 Å². The quantitative estimate of drug-likeness (QED) is 0.605. The molecule has 1 aliphatic heterocycles. The van der Waals surface area contributed by atoms with Gasteiger partial charge in [-0.3, -0.25) is 9.69 Å². The van der Waals surface area contributed by atoms with Gasteiger partial charge in [0.15, 0.2) is 5.13 Å². The van der Waals surface area contributed by atoms with Crippen LogP contribution in [0.1, 0.15) is 59.3 Å². The first kappa shape index (κ1) is 20.0. The number of hydrogen-bond acceptors (Lipinski definition) is 6. The molecule has 8 heteroatoms. The van der Waals surface area contributed by atoms with Crippen molar-refractivity contribution < 1.29 is 4.79 Å². The molecule has 1 saturated carbocycles. The van der Waals surface area contributed by atoms with Gasteiger partial charge in [0.1, 0.15) is 10.7 Å². The van der Waals surface area contributed by atoms with E-state index in [0.29, 0.717) is 31.7 Å². The third kappa shape index (κ3) is 4.30. The molecule has 0 unspecified atom stereocenters. The van der Waals surface area contributed by atoms with Crippen LogP contribution < -0.4 is 11.1 Å². The van der Waals surface area contributed by atoms with Crippen molar-refractivity contribution in [1.29, 1.82) is 0 Å². The van der Waals surface area contributed by atoms with Gasteiger partial charge in [-0.1, -0.05) is 53.8 Å². The number of rotatable bonds is 6. The Kier molecular flexibility index (Phi) is 6.11. The highest BCUT2D eigenvalue weighted by atomic mass is 35.5. The molecule has 2 fully saturated rings. The molecule has 1 aromatic carbocycles. The van der Waals surface area contributed by atoms with E-state index in [4.69, 9.17) is 28.9 Å². The minimum absolute atomic E-state index is 0.227. The highest BCUT2D eigenvalue weighted by Gasteiger charge is 2.25. The molecule has 4 rings (SSSR count). The summed E-state index contributed by atoms with van der Waals surface area (Å²) in [6.07, 6.45) is 7.20. The molecule has 0 amide bonds. The van der Waals surface area contributed by atoms with Gasteiger partial charge in [0, 0.05) is 12.6 Å². The van der Waals surface area contributed by atoms with E-state index in [0.717, 1.165) is 38.0 Å². The van der Waals surface area contributed by atoms with Crippen molar-refractivity contribution in [2.24, 2.45) is 0 Å². The Morgan fingerprint density at radius 1 is 1.18 bits per heavy atom. The third-order valence-corrected chi connectivity index (χ3v) is 7.07. The largest absolute Gasteiger partial charge is 0.382 e. The molecule has 2 aliphatic rings. The number of halogens is 2. The lowest BCUT2D eigenvalue weighted by Gasteiger charge is -2.30. The molecular weight excluding hydrogens is 415 g/mol. The number of carbonyl (C=O) groups excluding carboxylic acids is 1. The van der Waals surface area contributed by atoms with Crippen molar-refractivity contribution in [3.8, 4) is 0 Å². The van der Waals surface area contributed by atoms with Crippen molar-refractivity contribution in [3.63, 3.8) is 0 Å². The first-order valence-corrected chi connectivity index (χ1v) is 11.4. The fourth-order valence-electron chi connectivity index (χ4n) is 3.82. The number of hydrogen-bond donors (Lipinski definition) is 2. The van der Waals surface area contributed by atoms with Gasteiger partial charge < -0.3 is 11.1 Å². The van der Waals surface area contributed by atoms with Gasteiger partial charge in [0.25, 0.3) is 0 Å². The number of anilines is 2. The van der Waals surface area contributed by atoms with Gasteiger partial charge in [0.2, 0.25) is 5.78 Å². The van der Waals surface area contributed by atoms with Gasteiger partial charge in [-0.2, -0.15) is 0 Å². The van der Waals surface area contributed by atoms with E-state index in [1.54, 1.807) is 0 Å². The second-order valence-electron chi connectivity index (χ2n) is 7.61. The predicted octanol–water partition coefficient (Wildman–Crippen LogP) is 5.21. The zero-order valence-corrected chi connectivity index (χ0v) is 18.0. The highest BCUT2D eigenvalue weighted by molar-refractivity contribution is 7.18. The zero-order valence-electron chi connectivity index (χ0n) is 15.6. The monoisotopic (exact) mass is 438 g/mol. The van der Waals surface area contributed by atoms with Crippen molar-refractivity contribution in [1.82, 2.24) is 9.88 Å². The Morgan fingerprint density at radius 3 is 2.46 bits per heavy atom. The summed E-state index contributed by atoms with van der Waals surface area (Å²) in [5, 5.41) is 4.84. The molecule has 3 N–H and O–H groups in total. The smallest absolute Gasteiger partial charge is 0.209 e. The molecule has 1 aromatic heterocycles. The number of ketones is 1. The van der Waals surface area contributed by atoms with Crippen LogP contribution in [0.3, 0.4) is 0 Å². The van der Waals surface area contributed by atoms with Crippen molar-refractivity contribution >= 4 is 51.3 Å². The van der Waals surface area contributed by atoms with E-state index in [1.165, 1.54) is 37.0 Å². The van der Waals surface area contributed by atoms with Crippen LogP contribution in [-0.4, -0.2) is 34.8 Å². The second kappa shape index (κ2) is 8.57. The molecule has 28 heavy (non-hydrogen) atoms. The fraction of sp³-hybridized carbons (Fsp3) is 0.500. The molecule has 0 atom stereocenters. The summed E-state index contributed by atoms with van der Waals surface area (Å²) in [5.41, 5.74) is 7.37. The lowest BCUT2D eigenvalue weighted by Crippen LogP contribution is -2.36. The number of nitrogen functional groups attached to an aromatic ring is 1. The molecule has 150 valence electrons. The van der Waals surface area contributed by atoms with E-state index in [1.807, 2.05) is 12.1 Å². The number of nitrogens with one attached hydrogen (secondary N) is 1. The number of aromatic nitrogens is 1. The number of likely N-dealkylation sites (tertiary alicyclic amines) is 1. The molecule has 1 saturated heterocycles. The maximum absolute atomic E-state index is 13.1. The molecule has 0 radical (unpaired) electrons. The normalized spacial score (nSPS) is 18.1. The lowest BCUT2D eigenvalue weighted by molar-refractivity contribution is 0.104. The summed E-state index contributed by atoms with van der Waals surface area (Å²) in [4.78, 5) is 20.2. The summed E-state index contributed by atoms with van der Waals surface area (Å²) in [6, 6.07) is 4.06. The van der Waals surface area contributed by atoms with Crippen molar-refractivity contribution in [2.45, 2.75) is 51.1 Å². The predicted molar refractivity (Wildman–Crippen MR) is 117 cm³/mol. The average Bonchev–Trinajstić information content (AvgIpc) is 2.98. The van der Waals surface area contributed by atoms with E-state index in [-0.39, 0.29) is 11.6 Å². The molecule has 2 heterocycles. The minimum Gasteiger partial charge on any atom is -0.382 e. The summed E-state index contributed by atoms with van der Waals surface area (Å²) >= 11 is 14.2. The summed E-state index contributed by atoms with van der Waals surface area (Å²) < 4.78 is 0. The molecule has 2 aromatic rings. The zero-order chi connectivity index (χ0) is 19.7. The maximum Gasteiger partial charge on any atom is 0.209 e. The number of thiazole rings is 1. The number of benzene rings is 1. The van der Waals surface area contributed by atoms with Gasteiger partial charge in [-0.05, 0) is 50.0 Å². The SMILES string of the molecule is Nc1nc(NC2CCCCC2)sc1C(=O)c1c(Cl)cc(CN2CCC2)cc1Cl. The van der Waals surface area contributed by atoms with E-state index in [9.17, 15) is 4.79 Å². The molecular formula is C20H24Cl2N4OS. The van der Waals surface area contributed by atoms with Crippen LogP contribution in [0.2, 0.25) is 10.0 Å². The van der Waals surface area contributed by atoms with Crippen molar-refractivity contribution in [3.05, 3.63) is 38.2 Å². The number of nitrogens with zero attached hydrogens (tertiary/aromatic N) is 2. The Bertz CT molecular complexity index is 852. The first-order valence-electron chi connectivity index (χ1n) is 9.79. The standard InChI is InChI=1S/C20H24Cl2N4OS/c21-14-9-12(11-26-7-4-8-26)10-15(22)16(14)17(27)18-19(23)25-20(28-18)24-13-5-2-1-3-6-13/h9-10,13H,1-8,11,23H2,(H,24,25). The topological polar surface area (TPSA) is 71.2 Å². The Hall–Kier alpha value is -1.34. The van der Waals surface area contributed by atoms with Crippen LogP contribution in [0.5, 0.6) is 0 Å². The summed E-state index contributed by atoms with van der Waals surface area (Å²) in [7, 11) is 0. The second-order valence-corrected chi connectivity index (χ2v) is 9.42. The Morgan fingerprint density at radius 2 is 1.86 bits per heavy atom. The third-order valence-electron chi connectivity index (χ3n) is 5.48. The van der Waals surface area contributed by atoms with E-state index >= 15 is 0 Å². The molecule has 0 spiro atoms. The highest BCUT2D eigenvalue weighted by Crippen LogP contribution is 2.35. The van der Waals surface area contributed by atoms with Gasteiger partial charge in [-0.25, -0.2) is 4.98 Å². The first-order chi connectivity index (χ1) is 13.5. The Balaban J connectivity index is 1.53. The van der Waals surface area contributed by atoms with Crippen LogP contribution >= 0.6 is 34.5 Å². The number of carbonyl (C=O) groups is 1. The van der Waals surface area contributed by atoms with Crippen LogP contribution in [0.15, 0.2) is 12.1 Å². The Labute approximate surface area is 179 Å². The van der Waals surface area contributed by atoms with Crippen LogP contribution in [-0.2, 0) is 6.54 Å². The maximum atomic E-state index is 13.1. The molecule has 0 bridgehead atoms. The van der Waals surface area contributed by atoms with Gasteiger partial charge in [-0.15, -0.1) is 0 Å². The average molecular weight is 439 g/mol. The van der Waals surface area contributed by atoms with E-state index in [2.05, 4.69) is 15.2 Å². The fourth-order valence-corrected chi connectivity index (χ4v) is 5.44. The van der Waals surface area contributed by atoms with Crippen LogP contribution in [0, 0.1) is 0 Å². The molecule has 1 aliphatic carbocycles. The van der Waals surface area contributed by atoms with Crippen LogP contribution in [0.25, 0.3) is 0 Å². The number of nitrogens with two attached hydrogens (primary N) is 1. The summed E-state index contributed by atoms with van der Waals surface area (Å²) in [6.45, 7) is 2.97. The van der Waals surface area contributed by atoms with Crippen LogP contribution in [0.4, 0.5) is 10.9 Å². The lowest BCUT2D eigenvalue weighted by atomic mass is 9.96.